The van der Waals surface area contributed by atoms with E-state index in [0.29, 0.717) is 15.1 Å². The van der Waals surface area contributed by atoms with E-state index in [1.165, 1.54) is 6.07 Å². The van der Waals surface area contributed by atoms with Gasteiger partial charge >= 0.3 is 0 Å². The minimum Gasteiger partial charge on any atom is -0.316 e. The fourth-order valence-electron chi connectivity index (χ4n) is 3.62. The van der Waals surface area contributed by atoms with Crippen LogP contribution in [0.3, 0.4) is 0 Å². The molecule has 0 bridgehead atoms. The highest BCUT2D eigenvalue weighted by atomic mass is 127. The summed E-state index contributed by atoms with van der Waals surface area (Å²) in [6, 6.07) is 6.15. The summed E-state index contributed by atoms with van der Waals surface area (Å²) in [6.45, 7) is 5.36. The van der Waals surface area contributed by atoms with Crippen LogP contribution in [0.4, 0.5) is 10.3 Å². The molecular weight excluding hydrogens is 446 g/mol. The minimum atomic E-state index is -0.425. The number of aryl methyl sites for hydroxylation is 2. The lowest BCUT2D eigenvalue weighted by Gasteiger charge is -2.16. The van der Waals surface area contributed by atoms with E-state index in [9.17, 15) is 9.18 Å². The molecule has 2 atom stereocenters. The summed E-state index contributed by atoms with van der Waals surface area (Å²) >= 11 is 1.89. The van der Waals surface area contributed by atoms with Crippen LogP contribution in [-0.4, -0.2) is 34.9 Å². The fourth-order valence-corrected chi connectivity index (χ4v) is 4.25. The highest BCUT2D eigenvalue weighted by Crippen LogP contribution is 2.33. The van der Waals surface area contributed by atoms with Gasteiger partial charge in [-0.1, -0.05) is 12.1 Å². The molecule has 2 aliphatic rings. The summed E-state index contributed by atoms with van der Waals surface area (Å²) in [4.78, 5) is 24.0. The molecule has 2 aliphatic heterocycles. The molecule has 0 aliphatic carbocycles. The van der Waals surface area contributed by atoms with Gasteiger partial charge in [-0.25, -0.2) is 14.4 Å². The molecule has 1 aromatic carbocycles. The molecule has 1 saturated heterocycles. The second kappa shape index (κ2) is 6.70. The van der Waals surface area contributed by atoms with Gasteiger partial charge in [0.1, 0.15) is 5.82 Å². The highest BCUT2D eigenvalue weighted by molar-refractivity contribution is 14.1. The lowest BCUT2D eigenvalue weighted by molar-refractivity contribution is 0.0964. The molecule has 1 fully saturated rings. The Balaban J connectivity index is 1.64. The van der Waals surface area contributed by atoms with Gasteiger partial charge in [-0.05, 0) is 54.1 Å². The quantitative estimate of drug-likeness (QED) is 0.560. The van der Waals surface area contributed by atoms with Crippen LogP contribution in [0, 0.1) is 29.2 Å². The van der Waals surface area contributed by atoms with Crippen LogP contribution >= 0.6 is 22.6 Å². The Morgan fingerprint density at radius 3 is 2.77 bits per heavy atom. The van der Waals surface area contributed by atoms with Crippen molar-refractivity contribution in [2.24, 2.45) is 5.92 Å². The number of hydrogen-bond acceptors (Lipinski definition) is 5. The Kier molecular flexibility index (Phi) is 4.52. The van der Waals surface area contributed by atoms with Crippen molar-refractivity contribution in [2.75, 3.05) is 18.0 Å². The van der Waals surface area contributed by atoms with Crippen LogP contribution < -0.4 is 10.2 Å². The number of nitrogens with zero attached hydrogens (tertiary/aromatic N) is 3. The van der Waals surface area contributed by atoms with E-state index in [1.807, 2.05) is 53.6 Å². The molecule has 7 heteroatoms. The maximum absolute atomic E-state index is 13.8. The van der Waals surface area contributed by atoms with E-state index in [1.54, 1.807) is 12.1 Å². The second-order valence-corrected chi connectivity index (χ2v) is 7.81. The summed E-state index contributed by atoms with van der Waals surface area (Å²) in [5, 5.41) is 3.29. The SMILES string of the molecule is Cc1cc(C)nc(N2C=C3C(CNC3C(=O)c3cccc(F)c3I)C2)n1. The maximum atomic E-state index is 13.8. The predicted octanol–water partition coefficient (Wildman–Crippen LogP) is 3.01. The summed E-state index contributed by atoms with van der Waals surface area (Å²) < 4.78 is 14.2. The van der Waals surface area contributed by atoms with Gasteiger partial charge in [-0.2, -0.15) is 0 Å². The molecule has 2 unspecified atom stereocenters. The molecule has 0 radical (unpaired) electrons. The molecule has 26 heavy (non-hydrogen) atoms. The van der Waals surface area contributed by atoms with Gasteiger partial charge in [0, 0.05) is 42.2 Å². The molecular formula is C19H18FIN4O. The predicted molar refractivity (Wildman–Crippen MR) is 106 cm³/mol. The van der Waals surface area contributed by atoms with Gasteiger partial charge in [-0.15, -0.1) is 0 Å². The maximum Gasteiger partial charge on any atom is 0.229 e. The zero-order valence-corrected chi connectivity index (χ0v) is 16.6. The molecule has 2 aromatic rings. The summed E-state index contributed by atoms with van der Waals surface area (Å²) in [5.41, 5.74) is 3.29. The smallest absolute Gasteiger partial charge is 0.229 e. The van der Waals surface area contributed by atoms with Crippen molar-refractivity contribution in [3.05, 3.63) is 62.4 Å². The molecule has 0 amide bonds. The molecule has 4 rings (SSSR count). The third-order valence-electron chi connectivity index (χ3n) is 4.80. The van der Waals surface area contributed by atoms with Gasteiger partial charge in [0.25, 0.3) is 0 Å². The van der Waals surface area contributed by atoms with E-state index in [0.717, 1.165) is 30.1 Å². The number of aromatic nitrogens is 2. The molecule has 1 N–H and O–H groups in total. The second-order valence-electron chi connectivity index (χ2n) is 6.74. The van der Waals surface area contributed by atoms with E-state index >= 15 is 0 Å². The Morgan fingerprint density at radius 1 is 1.31 bits per heavy atom. The molecule has 3 heterocycles. The molecule has 5 nitrogen and oxygen atoms in total. The van der Waals surface area contributed by atoms with Gasteiger partial charge in [0.05, 0.1) is 9.61 Å². The first-order chi connectivity index (χ1) is 12.4. The fraction of sp³-hybridized carbons (Fsp3) is 0.316. The molecule has 1 aromatic heterocycles. The van der Waals surface area contributed by atoms with E-state index in [2.05, 4.69) is 15.3 Å². The lowest BCUT2D eigenvalue weighted by Crippen LogP contribution is -2.33. The van der Waals surface area contributed by atoms with Gasteiger partial charge in [0.2, 0.25) is 5.95 Å². The average molecular weight is 464 g/mol. The number of Topliss-reactive ketones (excluding diaryl/α,β-unsaturated/α-hetero) is 1. The van der Waals surface area contributed by atoms with E-state index < -0.39 is 6.04 Å². The molecule has 134 valence electrons. The van der Waals surface area contributed by atoms with Gasteiger partial charge < -0.3 is 10.2 Å². The first-order valence-corrected chi connectivity index (χ1v) is 9.54. The van der Waals surface area contributed by atoms with Crippen LogP contribution in [0.25, 0.3) is 0 Å². The lowest BCUT2D eigenvalue weighted by atomic mass is 9.95. The number of halogens is 2. The summed E-state index contributed by atoms with van der Waals surface area (Å²) in [5.74, 6) is 0.443. The van der Waals surface area contributed by atoms with E-state index in [4.69, 9.17) is 0 Å². The minimum absolute atomic E-state index is 0.0918. The van der Waals surface area contributed by atoms with Crippen molar-refractivity contribution in [3.63, 3.8) is 0 Å². The number of carbonyl (C=O) groups excluding carboxylic acids is 1. The van der Waals surface area contributed by atoms with Gasteiger partial charge in [-0.3, -0.25) is 4.79 Å². The number of hydrogen-bond donors (Lipinski definition) is 1. The summed E-state index contributed by atoms with van der Waals surface area (Å²) in [7, 11) is 0. The number of fused-ring (bicyclic) bond motifs is 1. The normalized spacial score (nSPS) is 21.7. The number of benzene rings is 1. The largest absolute Gasteiger partial charge is 0.316 e. The van der Waals surface area contributed by atoms with Crippen LogP contribution in [-0.2, 0) is 0 Å². The number of carbonyl (C=O) groups is 1. The third kappa shape index (κ3) is 3.03. The van der Waals surface area contributed by atoms with Crippen molar-refractivity contribution in [3.8, 4) is 0 Å². The van der Waals surface area contributed by atoms with Crippen LogP contribution in [0.1, 0.15) is 21.7 Å². The number of ketones is 1. The third-order valence-corrected chi connectivity index (χ3v) is 5.90. The number of rotatable bonds is 3. The Morgan fingerprint density at radius 2 is 2.04 bits per heavy atom. The number of nitrogens with one attached hydrogen (secondary N) is 1. The summed E-state index contributed by atoms with van der Waals surface area (Å²) in [6.07, 6.45) is 1.98. The molecule has 0 saturated carbocycles. The Hall–Kier alpha value is -1.87. The van der Waals surface area contributed by atoms with E-state index in [-0.39, 0.29) is 17.5 Å². The van der Waals surface area contributed by atoms with Crippen LogP contribution in [0.5, 0.6) is 0 Å². The standard InChI is InChI=1S/C19H18FIN4O/c1-10-6-11(2)24-19(23-10)25-8-12-7-22-17(14(12)9-25)18(26)13-4-3-5-15(20)16(13)21/h3-6,9,12,17,22H,7-8H2,1-2H3. The first kappa shape index (κ1) is 17.5. The number of anilines is 1. The topological polar surface area (TPSA) is 58.1 Å². The first-order valence-electron chi connectivity index (χ1n) is 8.46. The Bertz CT molecular complexity index is 910. The van der Waals surface area contributed by atoms with Crippen LogP contribution in [0.15, 0.2) is 36.0 Å². The Labute approximate surface area is 164 Å². The zero-order valence-electron chi connectivity index (χ0n) is 14.5. The monoisotopic (exact) mass is 464 g/mol. The van der Waals surface area contributed by atoms with Gasteiger partial charge in [0.15, 0.2) is 5.78 Å². The molecule has 0 spiro atoms. The van der Waals surface area contributed by atoms with Crippen molar-refractivity contribution in [2.45, 2.75) is 19.9 Å². The zero-order chi connectivity index (χ0) is 18.4. The van der Waals surface area contributed by atoms with Crippen molar-refractivity contribution in [1.29, 1.82) is 0 Å². The van der Waals surface area contributed by atoms with Crippen molar-refractivity contribution in [1.82, 2.24) is 15.3 Å². The highest BCUT2D eigenvalue weighted by Gasteiger charge is 2.40. The van der Waals surface area contributed by atoms with Crippen LogP contribution in [0.2, 0.25) is 0 Å². The van der Waals surface area contributed by atoms with Crippen molar-refractivity contribution < 1.29 is 9.18 Å². The van der Waals surface area contributed by atoms with Crippen molar-refractivity contribution >= 4 is 34.3 Å². The average Bonchev–Trinajstić information content (AvgIpc) is 3.16.